The van der Waals surface area contributed by atoms with Crippen LogP contribution in [0.5, 0.6) is 0 Å². The van der Waals surface area contributed by atoms with Gasteiger partial charge in [0, 0.05) is 26.1 Å². The summed E-state index contributed by atoms with van der Waals surface area (Å²) in [5.41, 5.74) is 4.15. The van der Waals surface area contributed by atoms with Crippen LogP contribution in [0.2, 0.25) is 0 Å². The van der Waals surface area contributed by atoms with Gasteiger partial charge in [-0.05, 0) is 61.1 Å². The normalized spacial score (nSPS) is 31.8. The molecule has 0 radical (unpaired) electrons. The fourth-order valence-corrected chi connectivity index (χ4v) is 4.75. The van der Waals surface area contributed by atoms with Crippen LogP contribution in [0.4, 0.5) is 0 Å². The zero-order chi connectivity index (χ0) is 17.6. The average Bonchev–Trinajstić information content (AvgIpc) is 3.07. The van der Waals surface area contributed by atoms with Gasteiger partial charge in [0.25, 0.3) is 0 Å². The highest BCUT2D eigenvalue weighted by Gasteiger charge is 2.57. The molecule has 1 aliphatic carbocycles. The largest absolute Gasteiger partial charge is 0.355 e. The minimum absolute atomic E-state index is 0.0261. The predicted octanol–water partition coefficient (Wildman–Crippen LogP) is 2.78. The highest BCUT2D eigenvalue weighted by Crippen LogP contribution is 2.58. The summed E-state index contributed by atoms with van der Waals surface area (Å²) >= 11 is 0. The molecule has 0 aromatic heterocycles. The molecule has 3 aliphatic rings. The summed E-state index contributed by atoms with van der Waals surface area (Å²) in [7, 11) is 0. The topological polar surface area (TPSA) is 49.4 Å². The third-order valence-electron chi connectivity index (χ3n) is 6.52. The Bertz CT molecular complexity index is 687. The number of aryl methyl sites for hydroxylation is 2. The van der Waals surface area contributed by atoms with Crippen LogP contribution in [0.25, 0.3) is 0 Å². The van der Waals surface area contributed by atoms with Gasteiger partial charge in [-0.1, -0.05) is 24.6 Å². The van der Waals surface area contributed by atoms with E-state index in [1.54, 1.807) is 0 Å². The Hall–Kier alpha value is -1.84. The zero-order valence-electron chi connectivity index (χ0n) is 15.3. The average molecular weight is 340 g/mol. The number of carbonyl (C=O) groups is 2. The number of fused-ring (bicyclic) bond motifs is 1. The summed E-state index contributed by atoms with van der Waals surface area (Å²) in [4.78, 5) is 26.5. The van der Waals surface area contributed by atoms with Gasteiger partial charge in [0.15, 0.2) is 0 Å². The van der Waals surface area contributed by atoms with Crippen LogP contribution in [0.15, 0.2) is 18.2 Å². The summed E-state index contributed by atoms with van der Waals surface area (Å²) in [6.45, 7) is 6.64. The molecule has 2 heterocycles. The van der Waals surface area contributed by atoms with Gasteiger partial charge >= 0.3 is 0 Å². The number of hydrogen-bond acceptors (Lipinski definition) is 2. The van der Waals surface area contributed by atoms with Crippen LogP contribution in [0.3, 0.4) is 0 Å². The van der Waals surface area contributed by atoms with Crippen LogP contribution < -0.4 is 5.32 Å². The lowest BCUT2D eigenvalue weighted by atomic mass is 9.96. The van der Waals surface area contributed by atoms with Gasteiger partial charge < -0.3 is 10.2 Å². The van der Waals surface area contributed by atoms with Gasteiger partial charge in [-0.2, -0.15) is 0 Å². The quantitative estimate of drug-likeness (QED) is 0.900. The molecule has 1 N–H and O–H groups in total. The highest BCUT2D eigenvalue weighted by atomic mass is 16.2. The molecule has 1 unspecified atom stereocenters. The summed E-state index contributed by atoms with van der Waals surface area (Å²) in [6.07, 6.45) is 3.39. The number of benzene rings is 1. The fraction of sp³-hybridized carbons (Fsp3) is 0.619. The summed E-state index contributed by atoms with van der Waals surface area (Å²) in [5.74, 6) is 2.23. The van der Waals surface area contributed by atoms with Gasteiger partial charge in [-0.3, -0.25) is 9.59 Å². The van der Waals surface area contributed by atoms with Crippen LogP contribution in [-0.4, -0.2) is 36.3 Å². The van der Waals surface area contributed by atoms with E-state index >= 15 is 0 Å². The second kappa shape index (κ2) is 6.47. The number of nitrogens with one attached hydrogen (secondary N) is 1. The van der Waals surface area contributed by atoms with E-state index in [2.05, 4.69) is 42.3 Å². The number of piperidine rings is 1. The lowest BCUT2D eigenvalue weighted by molar-refractivity contribution is -0.135. The molecule has 0 bridgehead atoms. The molecule has 4 nitrogen and oxygen atoms in total. The molecule has 0 spiro atoms. The first-order valence-corrected chi connectivity index (χ1v) is 9.67. The number of carbonyl (C=O) groups excluding carboxylic acids is 2. The second-order valence-corrected chi connectivity index (χ2v) is 8.19. The van der Waals surface area contributed by atoms with E-state index in [0.29, 0.717) is 30.7 Å². The first kappa shape index (κ1) is 16.6. The van der Waals surface area contributed by atoms with Crippen LogP contribution in [0, 0.1) is 31.6 Å². The Morgan fingerprint density at radius 3 is 2.60 bits per heavy atom. The number of likely N-dealkylation sites (tertiary alicyclic amines) is 1. The molecule has 3 fully saturated rings. The predicted molar refractivity (Wildman–Crippen MR) is 97.2 cm³/mol. The molecular weight excluding hydrogens is 312 g/mol. The zero-order valence-corrected chi connectivity index (χ0v) is 15.3. The first-order valence-electron chi connectivity index (χ1n) is 9.67. The van der Waals surface area contributed by atoms with Crippen molar-refractivity contribution in [3.8, 4) is 0 Å². The van der Waals surface area contributed by atoms with E-state index in [0.717, 1.165) is 32.4 Å². The fourth-order valence-electron chi connectivity index (χ4n) is 4.75. The number of nitrogens with zero attached hydrogens (tertiary/aromatic N) is 1. The Morgan fingerprint density at radius 1 is 1.12 bits per heavy atom. The van der Waals surface area contributed by atoms with Crippen LogP contribution in [-0.2, 0) is 9.59 Å². The lowest BCUT2D eigenvalue weighted by Crippen LogP contribution is -2.42. The Labute approximate surface area is 150 Å². The molecule has 1 aromatic rings. The SMILES string of the molecule is Cc1ccc(C2[C@H]3CN(C(=O)[C@@H]4CCCCC(=O)NC4)C[C@@H]23)cc1C. The monoisotopic (exact) mass is 340 g/mol. The molecule has 2 aliphatic heterocycles. The maximum atomic E-state index is 12.9. The van der Waals surface area contributed by atoms with E-state index in [9.17, 15) is 9.59 Å². The Kier molecular flexibility index (Phi) is 4.30. The second-order valence-electron chi connectivity index (χ2n) is 8.19. The van der Waals surface area contributed by atoms with Crippen molar-refractivity contribution in [3.05, 3.63) is 34.9 Å². The van der Waals surface area contributed by atoms with Crippen molar-refractivity contribution in [3.63, 3.8) is 0 Å². The van der Waals surface area contributed by atoms with Crippen molar-refractivity contribution in [1.82, 2.24) is 10.2 Å². The van der Waals surface area contributed by atoms with Gasteiger partial charge in [-0.15, -0.1) is 0 Å². The van der Waals surface area contributed by atoms with Gasteiger partial charge in [0.2, 0.25) is 11.8 Å². The van der Waals surface area contributed by atoms with E-state index in [1.807, 2.05) is 0 Å². The van der Waals surface area contributed by atoms with Crippen molar-refractivity contribution in [1.29, 1.82) is 0 Å². The van der Waals surface area contributed by atoms with Crippen molar-refractivity contribution in [2.24, 2.45) is 17.8 Å². The van der Waals surface area contributed by atoms with Gasteiger partial charge in [0.1, 0.15) is 0 Å². The molecule has 1 saturated carbocycles. The van der Waals surface area contributed by atoms with Crippen molar-refractivity contribution in [2.45, 2.75) is 45.4 Å². The first-order chi connectivity index (χ1) is 12.0. The summed E-state index contributed by atoms with van der Waals surface area (Å²) in [5, 5.41) is 2.92. The molecule has 2 amide bonds. The molecule has 4 rings (SSSR count). The molecule has 25 heavy (non-hydrogen) atoms. The van der Waals surface area contributed by atoms with E-state index < -0.39 is 0 Å². The molecular formula is C21H28N2O2. The Balaban J connectivity index is 1.36. The third-order valence-corrected chi connectivity index (χ3v) is 6.52. The van der Waals surface area contributed by atoms with E-state index in [4.69, 9.17) is 0 Å². The van der Waals surface area contributed by atoms with Crippen LogP contribution >= 0.6 is 0 Å². The standard InChI is InChI=1S/C21H28N2O2/c1-13-7-8-15(9-14(13)2)20-17-11-23(12-18(17)20)21(25)16-5-3-4-6-19(24)22-10-16/h7-9,16-18,20H,3-6,10-12H2,1-2H3,(H,22,24)/t16-,17-,18+,20?/m1/s1. The molecule has 1 aromatic carbocycles. The molecule has 2 saturated heterocycles. The van der Waals surface area contributed by atoms with E-state index in [-0.39, 0.29) is 17.7 Å². The Morgan fingerprint density at radius 2 is 1.88 bits per heavy atom. The maximum absolute atomic E-state index is 12.9. The van der Waals surface area contributed by atoms with Gasteiger partial charge in [0.05, 0.1) is 5.92 Å². The van der Waals surface area contributed by atoms with Crippen molar-refractivity contribution >= 4 is 11.8 Å². The summed E-state index contributed by atoms with van der Waals surface area (Å²) in [6, 6.07) is 6.81. The van der Waals surface area contributed by atoms with Crippen molar-refractivity contribution in [2.75, 3.05) is 19.6 Å². The number of amides is 2. The molecule has 4 atom stereocenters. The van der Waals surface area contributed by atoms with Crippen molar-refractivity contribution < 1.29 is 9.59 Å². The molecule has 4 heteroatoms. The highest BCUT2D eigenvalue weighted by molar-refractivity contribution is 5.81. The number of hydrogen-bond donors (Lipinski definition) is 1. The summed E-state index contributed by atoms with van der Waals surface area (Å²) < 4.78 is 0. The lowest BCUT2D eigenvalue weighted by Gasteiger charge is -2.27. The van der Waals surface area contributed by atoms with E-state index in [1.165, 1.54) is 16.7 Å². The minimum Gasteiger partial charge on any atom is -0.355 e. The van der Waals surface area contributed by atoms with Crippen LogP contribution in [0.1, 0.15) is 48.3 Å². The minimum atomic E-state index is -0.0261. The smallest absolute Gasteiger partial charge is 0.227 e. The van der Waals surface area contributed by atoms with Gasteiger partial charge in [-0.25, -0.2) is 0 Å². The third kappa shape index (κ3) is 3.19. The molecule has 134 valence electrons. The number of rotatable bonds is 2. The maximum Gasteiger partial charge on any atom is 0.227 e.